The summed E-state index contributed by atoms with van der Waals surface area (Å²) in [5.74, 6) is 5.20. The summed E-state index contributed by atoms with van der Waals surface area (Å²) in [4.78, 5) is 14.9. The highest BCUT2D eigenvalue weighted by Gasteiger charge is 2.19. The number of carbonyl (C=O) groups is 1. The fourth-order valence-electron chi connectivity index (χ4n) is 2.00. The summed E-state index contributed by atoms with van der Waals surface area (Å²) in [6.07, 6.45) is 0.0321. The van der Waals surface area contributed by atoms with Crippen LogP contribution in [0.3, 0.4) is 0 Å². The Morgan fingerprint density at radius 1 is 1.70 bits per heavy atom. The molecule has 2 rings (SSSR count). The number of aliphatic hydroxyl groups excluding tert-OH is 1. The maximum atomic E-state index is 12.1. The molecule has 1 aromatic heterocycles. The standard InChI is InChI=1S/C14H18N2O3S/c1-16-5-7-19-12(10-16)9-15-14(18)13-11(3-2-6-17)4-8-20-13/h4,8,12,17H,5-7,9-10H2,1H3,(H,15,18). The molecule has 0 spiro atoms. The molecular formula is C14H18N2O3S. The zero-order valence-corrected chi connectivity index (χ0v) is 12.2. The van der Waals surface area contributed by atoms with Crippen molar-refractivity contribution in [1.82, 2.24) is 10.2 Å². The first-order chi connectivity index (χ1) is 9.70. The minimum absolute atomic E-state index is 0.0321. The van der Waals surface area contributed by atoms with Crippen LogP contribution in [0.15, 0.2) is 11.4 Å². The summed E-state index contributed by atoms with van der Waals surface area (Å²) in [7, 11) is 2.04. The van der Waals surface area contributed by atoms with Crippen molar-refractivity contribution in [2.75, 3.05) is 39.9 Å². The van der Waals surface area contributed by atoms with Crippen LogP contribution in [0.4, 0.5) is 0 Å². The first-order valence-corrected chi connectivity index (χ1v) is 7.34. The van der Waals surface area contributed by atoms with Crippen LogP contribution in [0.1, 0.15) is 15.2 Å². The molecule has 1 aliphatic rings. The number of carbonyl (C=O) groups excluding carboxylic acids is 1. The zero-order chi connectivity index (χ0) is 14.4. The van der Waals surface area contributed by atoms with E-state index in [-0.39, 0.29) is 18.6 Å². The number of likely N-dealkylation sites (N-methyl/N-ethyl adjacent to an activating group) is 1. The molecule has 0 aromatic carbocycles. The molecule has 0 bridgehead atoms. The van der Waals surface area contributed by atoms with Crippen LogP contribution in [0.2, 0.25) is 0 Å². The van der Waals surface area contributed by atoms with Gasteiger partial charge in [-0.05, 0) is 18.5 Å². The van der Waals surface area contributed by atoms with Gasteiger partial charge in [-0.2, -0.15) is 0 Å². The van der Waals surface area contributed by atoms with E-state index in [9.17, 15) is 4.79 Å². The minimum atomic E-state index is -0.209. The molecule has 0 radical (unpaired) electrons. The van der Waals surface area contributed by atoms with Crippen LogP contribution < -0.4 is 5.32 Å². The number of ether oxygens (including phenoxy) is 1. The molecule has 6 heteroatoms. The van der Waals surface area contributed by atoms with Gasteiger partial charge in [0.15, 0.2) is 0 Å². The number of nitrogens with zero attached hydrogens (tertiary/aromatic N) is 1. The van der Waals surface area contributed by atoms with Crippen molar-refractivity contribution < 1.29 is 14.6 Å². The maximum Gasteiger partial charge on any atom is 0.262 e. The average molecular weight is 294 g/mol. The molecule has 1 aromatic rings. The van der Waals surface area contributed by atoms with Gasteiger partial charge >= 0.3 is 0 Å². The zero-order valence-electron chi connectivity index (χ0n) is 11.4. The van der Waals surface area contributed by atoms with E-state index in [1.807, 2.05) is 12.4 Å². The molecule has 1 atom stereocenters. The van der Waals surface area contributed by atoms with Gasteiger partial charge in [0.05, 0.1) is 12.7 Å². The lowest BCUT2D eigenvalue weighted by Crippen LogP contribution is -2.45. The summed E-state index contributed by atoms with van der Waals surface area (Å²) in [5.41, 5.74) is 0.656. The Balaban J connectivity index is 1.90. The number of morpholine rings is 1. The van der Waals surface area contributed by atoms with Crippen molar-refractivity contribution in [2.45, 2.75) is 6.10 Å². The fraction of sp³-hybridized carbons (Fsp3) is 0.500. The second kappa shape index (κ2) is 7.41. The van der Waals surface area contributed by atoms with Crippen LogP contribution in [-0.2, 0) is 4.74 Å². The lowest BCUT2D eigenvalue weighted by Gasteiger charge is -2.30. The topological polar surface area (TPSA) is 61.8 Å². The normalized spacial score (nSPS) is 19.2. The van der Waals surface area contributed by atoms with Crippen LogP contribution in [0.25, 0.3) is 0 Å². The molecule has 1 amide bonds. The third kappa shape index (κ3) is 4.05. The Bertz CT molecular complexity index is 518. The minimum Gasteiger partial charge on any atom is -0.384 e. The number of aliphatic hydroxyl groups is 1. The van der Waals surface area contributed by atoms with Crippen molar-refractivity contribution in [3.8, 4) is 11.8 Å². The van der Waals surface area contributed by atoms with Crippen molar-refractivity contribution in [3.63, 3.8) is 0 Å². The number of amides is 1. The Morgan fingerprint density at radius 3 is 3.30 bits per heavy atom. The predicted octanol–water partition coefficient (Wildman–Crippen LogP) is 0.152. The van der Waals surface area contributed by atoms with Crippen molar-refractivity contribution in [3.05, 3.63) is 21.9 Å². The van der Waals surface area contributed by atoms with E-state index in [2.05, 4.69) is 22.1 Å². The summed E-state index contributed by atoms with van der Waals surface area (Å²) >= 11 is 1.35. The SMILES string of the molecule is CN1CCOC(CNC(=O)c2sccc2C#CCO)C1. The van der Waals surface area contributed by atoms with Crippen molar-refractivity contribution in [1.29, 1.82) is 0 Å². The smallest absolute Gasteiger partial charge is 0.262 e. The first kappa shape index (κ1) is 15.0. The molecule has 2 heterocycles. The second-order valence-electron chi connectivity index (χ2n) is 4.59. The van der Waals surface area contributed by atoms with Crippen molar-refractivity contribution in [2.24, 2.45) is 0 Å². The van der Waals surface area contributed by atoms with Crippen LogP contribution in [-0.4, -0.2) is 61.9 Å². The molecule has 20 heavy (non-hydrogen) atoms. The van der Waals surface area contributed by atoms with Crippen LogP contribution >= 0.6 is 11.3 Å². The molecule has 5 nitrogen and oxygen atoms in total. The van der Waals surface area contributed by atoms with E-state index < -0.39 is 0 Å². The average Bonchev–Trinajstić information content (AvgIpc) is 2.91. The highest BCUT2D eigenvalue weighted by atomic mass is 32.1. The summed E-state index contributed by atoms with van der Waals surface area (Å²) in [5, 5.41) is 13.4. The number of hydrogen-bond acceptors (Lipinski definition) is 5. The third-order valence-electron chi connectivity index (χ3n) is 3.01. The van der Waals surface area contributed by atoms with Gasteiger partial charge in [0.25, 0.3) is 5.91 Å². The van der Waals surface area contributed by atoms with E-state index in [1.165, 1.54) is 11.3 Å². The van der Waals surface area contributed by atoms with Gasteiger partial charge in [0.2, 0.25) is 0 Å². The Morgan fingerprint density at radius 2 is 2.55 bits per heavy atom. The van der Waals surface area contributed by atoms with Crippen LogP contribution in [0.5, 0.6) is 0 Å². The lowest BCUT2D eigenvalue weighted by molar-refractivity contribution is -0.0174. The van der Waals surface area contributed by atoms with Crippen molar-refractivity contribution >= 4 is 17.2 Å². The van der Waals surface area contributed by atoms with E-state index in [0.29, 0.717) is 23.6 Å². The largest absolute Gasteiger partial charge is 0.384 e. The van der Waals surface area contributed by atoms with Gasteiger partial charge in [-0.3, -0.25) is 4.79 Å². The van der Waals surface area contributed by atoms with Gasteiger partial charge in [0, 0.05) is 25.2 Å². The van der Waals surface area contributed by atoms with Crippen LogP contribution in [0, 0.1) is 11.8 Å². The second-order valence-corrected chi connectivity index (χ2v) is 5.50. The predicted molar refractivity (Wildman–Crippen MR) is 77.9 cm³/mol. The van der Waals surface area contributed by atoms with E-state index in [4.69, 9.17) is 9.84 Å². The molecule has 0 aliphatic carbocycles. The van der Waals surface area contributed by atoms with Gasteiger partial charge < -0.3 is 20.1 Å². The first-order valence-electron chi connectivity index (χ1n) is 6.46. The molecule has 108 valence electrons. The number of nitrogens with one attached hydrogen (secondary N) is 1. The van der Waals surface area contributed by atoms with E-state index in [0.717, 1.165) is 13.1 Å². The Labute approximate surface area is 122 Å². The molecule has 1 saturated heterocycles. The monoisotopic (exact) mass is 294 g/mol. The van der Waals surface area contributed by atoms with Gasteiger partial charge in [-0.25, -0.2) is 0 Å². The third-order valence-corrected chi connectivity index (χ3v) is 3.92. The fourth-order valence-corrected chi connectivity index (χ4v) is 2.76. The molecule has 1 aliphatic heterocycles. The summed E-state index contributed by atoms with van der Waals surface area (Å²) in [6.45, 7) is 2.73. The maximum absolute atomic E-state index is 12.1. The highest BCUT2D eigenvalue weighted by Crippen LogP contribution is 2.15. The number of thiophene rings is 1. The highest BCUT2D eigenvalue weighted by molar-refractivity contribution is 7.12. The van der Waals surface area contributed by atoms with E-state index in [1.54, 1.807) is 6.07 Å². The lowest BCUT2D eigenvalue weighted by atomic mass is 10.2. The molecule has 0 saturated carbocycles. The molecule has 1 fully saturated rings. The summed E-state index contributed by atoms with van der Waals surface area (Å²) < 4.78 is 5.60. The molecular weight excluding hydrogens is 276 g/mol. The molecule has 1 unspecified atom stereocenters. The summed E-state index contributed by atoms with van der Waals surface area (Å²) in [6, 6.07) is 1.78. The molecule has 2 N–H and O–H groups in total. The quantitative estimate of drug-likeness (QED) is 0.779. The number of rotatable bonds is 3. The van der Waals surface area contributed by atoms with Gasteiger partial charge in [-0.1, -0.05) is 11.8 Å². The van der Waals surface area contributed by atoms with E-state index >= 15 is 0 Å². The van der Waals surface area contributed by atoms with Gasteiger partial charge in [-0.15, -0.1) is 11.3 Å². The number of hydrogen-bond donors (Lipinski definition) is 2. The van der Waals surface area contributed by atoms with Gasteiger partial charge in [0.1, 0.15) is 11.5 Å². The Kier molecular flexibility index (Phi) is 5.56. The Hall–Kier alpha value is -1.39.